The summed E-state index contributed by atoms with van der Waals surface area (Å²) in [6.45, 7) is 16.5. The molecule has 0 N–H and O–H groups in total. The maximum absolute atomic E-state index is 3.31. The highest BCUT2D eigenvalue weighted by Crippen LogP contribution is 2.36. The van der Waals surface area contributed by atoms with E-state index in [9.17, 15) is 0 Å². The molecule has 0 aromatic rings. The Bertz CT molecular complexity index is 1040. The summed E-state index contributed by atoms with van der Waals surface area (Å²) in [6, 6.07) is 0. The third-order valence-corrected chi connectivity index (χ3v) is 4.61. The molecule has 4 atom stereocenters. The minimum absolute atomic E-state index is 0.938. The van der Waals surface area contributed by atoms with Crippen LogP contribution in [0.25, 0.3) is 0 Å². The van der Waals surface area contributed by atoms with E-state index in [1.165, 1.54) is 12.8 Å². The monoisotopic (exact) mass is 378 g/mol. The molecule has 2 fully saturated rings. The second-order valence-electron chi connectivity index (χ2n) is 7.32. The third kappa shape index (κ3) is 19.2. The van der Waals surface area contributed by atoms with Gasteiger partial charge in [0.25, 0.3) is 0 Å². The van der Waals surface area contributed by atoms with Crippen molar-refractivity contribution in [3.8, 4) is 0 Å². The molecule has 0 heterocycles. The van der Waals surface area contributed by atoms with Gasteiger partial charge >= 0.3 is 0 Å². The molecule has 29 heavy (non-hydrogen) atoms. The summed E-state index contributed by atoms with van der Waals surface area (Å²) in [5.41, 5.74) is 36.9. The molecule has 0 saturated heterocycles. The number of rotatable bonds is 1. The Labute approximate surface area is 177 Å². The zero-order chi connectivity index (χ0) is 21.9. The predicted molar refractivity (Wildman–Crippen MR) is 120 cm³/mol. The Kier molecular flexibility index (Phi) is 14.9. The second-order valence-corrected chi connectivity index (χ2v) is 7.32. The van der Waals surface area contributed by atoms with Gasteiger partial charge in [-0.25, -0.2) is 0 Å². The molecule has 2 rings (SSSR count). The summed E-state index contributed by atoms with van der Waals surface area (Å²) in [7, 11) is 0. The quantitative estimate of drug-likeness (QED) is 0.415. The minimum Gasteiger partial charge on any atom is -0.0687 e. The van der Waals surface area contributed by atoms with Crippen LogP contribution in [0.3, 0.4) is 0 Å². The molecule has 0 nitrogen and oxygen atoms in total. The smallest absolute Gasteiger partial charge is 0.00000000000926 e. The third-order valence-electron chi connectivity index (χ3n) is 4.61. The van der Waals surface area contributed by atoms with E-state index in [0.29, 0.717) is 0 Å². The lowest BCUT2D eigenvalue weighted by atomic mass is 10.3. The topological polar surface area (TPSA) is 0 Å². The number of hydrogen-bond acceptors (Lipinski definition) is 0. The molecule has 0 aromatic heterocycles. The van der Waals surface area contributed by atoms with E-state index < -0.39 is 0 Å². The lowest BCUT2D eigenvalue weighted by Crippen LogP contribution is -1.61. The van der Waals surface area contributed by atoms with Gasteiger partial charge in [-0.2, -0.15) is 0 Å². The minimum atomic E-state index is 0.938. The molecule has 0 amide bonds. The fraction of sp³-hybridized carbons (Fsp3) is 0.448. The van der Waals surface area contributed by atoms with E-state index >= 15 is 0 Å². The van der Waals surface area contributed by atoms with Gasteiger partial charge < -0.3 is 0 Å². The van der Waals surface area contributed by atoms with Crippen LogP contribution in [0.5, 0.6) is 0 Å². The fourth-order valence-electron chi connectivity index (χ4n) is 1.60. The van der Waals surface area contributed by atoms with E-state index in [1.807, 2.05) is 13.8 Å². The highest BCUT2D eigenvalue weighted by Gasteiger charge is 2.26. The number of hydrogen-bond donors (Lipinski definition) is 0. The number of allylic oxidation sites excluding steroid dienone is 1. The van der Waals surface area contributed by atoms with Crippen LogP contribution in [0.2, 0.25) is 0 Å². The van der Waals surface area contributed by atoms with Crippen molar-refractivity contribution in [3.05, 3.63) is 92.4 Å². The Balaban J connectivity index is 0.000000621. The molecule has 0 radical (unpaired) electrons. The van der Waals surface area contributed by atoms with Crippen molar-refractivity contribution in [2.24, 2.45) is 23.7 Å². The van der Waals surface area contributed by atoms with E-state index in [-0.39, 0.29) is 0 Å². The lowest BCUT2D eigenvalue weighted by molar-refractivity contribution is 0.834. The molecule has 3 unspecified atom stereocenters. The van der Waals surface area contributed by atoms with Crippen LogP contribution in [-0.4, -0.2) is 0 Å². The summed E-state index contributed by atoms with van der Waals surface area (Å²) in [6.07, 6.45) is 3.88. The van der Waals surface area contributed by atoms with E-state index in [4.69, 9.17) is 0 Å². The maximum atomic E-state index is 3.31. The van der Waals surface area contributed by atoms with Gasteiger partial charge in [-0.1, -0.05) is 46.1 Å². The highest BCUT2D eigenvalue weighted by molar-refractivity contribution is 4.97. The van der Waals surface area contributed by atoms with Crippen molar-refractivity contribution >= 4 is 0 Å². The molecule has 0 aromatic carbocycles. The van der Waals surface area contributed by atoms with Crippen molar-refractivity contribution in [2.75, 3.05) is 0 Å². The lowest BCUT2D eigenvalue weighted by Gasteiger charge is -1.79. The average Bonchev–Trinajstić information content (AvgIpc) is 3.58. The van der Waals surface area contributed by atoms with Gasteiger partial charge in [0.15, 0.2) is 0 Å². The summed E-state index contributed by atoms with van der Waals surface area (Å²) in [5.74, 6) is 4.20. The van der Waals surface area contributed by atoms with Crippen molar-refractivity contribution < 1.29 is 0 Å². The van der Waals surface area contributed by atoms with Crippen molar-refractivity contribution in [2.45, 2.75) is 60.8 Å². The first-order valence-corrected chi connectivity index (χ1v) is 10.0. The Morgan fingerprint density at radius 1 is 0.621 bits per heavy atom. The standard InChI is InChI=1S/C19H10.2C5H10/c1-4-6-7-8-9-10-11-12-13-14-15-16-17-18-19(3)5-2;2*1-4-3-5(4)2/h1,5H2,2-3H3;2*4-5H,3H2,1-2H3/t;4-,5?;/m.1./s1. The van der Waals surface area contributed by atoms with Gasteiger partial charge in [0.1, 0.15) is 0 Å². The zero-order valence-electron chi connectivity index (χ0n) is 18.6. The first-order valence-electron chi connectivity index (χ1n) is 10.0. The van der Waals surface area contributed by atoms with Crippen LogP contribution in [0, 0.1) is 23.7 Å². The molecular weight excluding hydrogens is 348 g/mol. The van der Waals surface area contributed by atoms with Gasteiger partial charge in [0, 0.05) is 0 Å². The van der Waals surface area contributed by atoms with Crippen LogP contribution in [0.1, 0.15) is 60.8 Å². The van der Waals surface area contributed by atoms with Crippen LogP contribution in [0.4, 0.5) is 0 Å². The van der Waals surface area contributed by atoms with Crippen molar-refractivity contribution in [1.82, 2.24) is 0 Å². The van der Waals surface area contributed by atoms with Gasteiger partial charge in [0.05, 0.1) is 0 Å². The summed E-state index contributed by atoms with van der Waals surface area (Å²) in [4.78, 5) is 0. The van der Waals surface area contributed by atoms with Gasteiger partial charge in [-0.15, -0.1) is 0 Å². The van der Waals surface area contributed by atoms with Crippen LogP contribution in [0.15, 0.2) is 92.4 Å². The van der Waals surface area contributed by atoms with Crippen LogP contribution in [-0.2, 0) is 0 Å². The Morgan fingerprint density at radius 3 is 1.14 bits per heavy atom. The fourth-order valence-corrected chi connectivity index (χ4v) is 1.60. The second kappa shape index (κ2) is 16.8. The molecule has 146 valence electrons. The summed E-state index contributed by atoms with van der Waals surface area (Å²) >= 11 is 0. The zero-order valence-corrected chi connectivity index (χ0v) is 18.6. The highest BCUT2D eigenvalue weighted by atomic mass is 14.3. The average molecular weight is 379 g/mol. The van der Waals surface area contributed by atoms with Crippen LogP contribution >= 0.6 is 0 Å². The van der Waals surface area contributed by atoms with E-state index in [0.717, 1.165) is 35.7 Å². The molecule has 0 bridgehead atoms. The Morgan fingerprint density at radius 2 is 0.897 bits per heavy atom. The molecule has 0 heteroatoms. The largest absolute Gasteiger partial charge is 0.0687 e. The molecular formula is C29H30. The molecule has 2 saturated carbocycles. The van der Waals surface area contributed by atoms with E-state index in [1.54, 1.807) is 0 Å². The summed E-state index contributed by atoms with van der Waals surface area (Å²) < 4.78 is 0. The first kappa shape index (κ1) is 25.7. The Hall–Kier alpha value is -3.34. The van der Waals surface area contributed by atoms with Crippen molar-refractivity contribution in [1.29, 1.82) is 0 Å². The van der Waals surface area contributed by atoms with Crippen molar-refractivity contribution in [3.63, 3.8) is 0 Å². The molecule has 0 aliphatic heterocycles. The molecule has 2 aliphatic carbocycles. The normalized spacial score (nSPS) is 20.2. The van der Waals surface area contributed by atoms with Crippen LogP contribution < -0.4 is 0 Å². The SMILES string of the molecule is C=C=C=C=C=C=C=C=C=C=C=C=C=C=C=C(C)CC.CC1CC1C.CC1C[C@H]1C. The van der Waals surface area contributed by atoms with Gasteiger partial charge in [-0.3, -0.25) is 0 Å². The first-order chi connectivity index (χ1) is 13.9. The van der Waals surface area contributed by atoms with Gasteiger partial charge in [0.2, 0.25) is 0 Å². The maximum Gasteiger partial charge on any atom is -0.00000000000926 e. The predicted octanol–water partition coefficient (Wildman–Crippen LogP) is 7.47. The summed E-state index contributed by atoms with van der Waals surface area (Å²) in [5, 5.41) is 0. The van der Waals surface area contributed by atoms with E-state index in [2.05, 4.69) is 115 Å². The molecule has 0 spiro atoms. The van der Waals surface area contributed by atoms with Gasteiger partial charge in [-0.05, 0) is 131 Å². The molecule has 2 aliphatic rings.